The number of rotatable bonds is 5. The number of hydrogen-bond donors (Lipinski definition) is 1. The first kappa shape index (κ1) is 13.5. The second-order valence-corrected chi connectivity index (χ2v) is 6.63. The van der Waals surface area contributed by atoms with E-state index in [0.717, 1.165) is 18.5 Å². The second-order valence-electron chi connectivity index (χ2n) is 5.51. The van der Waals surface area contributed by atoms with Crippen LogP contribution in [0.2, 0.25) is 0 Å². The molecular formula is C15H22N2S. The van der Waals surface area contributed by atoms with Gasteiger partial charge in [-0.15, -0.1) is 11.3 Å². The first-order chi connectivity index (χ1) is 8.58. The molecule has 1 heterocycles. The predicted octanol–water partition coefficient (Wildman–Crippen LogP) is 3.77. The molecule has 18 heavy (non-hydrogen) atoms. The highest BCUT2D eigenvalue weighted by Crippen LogP contribution is 2.26. The van der Waals surface area contributed by atoms with E-state index in [0.29, 0.717) is 11.8 Å². The van der Waals surface area contributed by atoms with Gasteiger partial charge in [0.2, 0.25) is 0 Å². The van der Waals surface area contributed by atoms with Crippen molar-refractivity contribution in [1.82, 2.24) is 4.98 Å². The van der Waals surface area contributed by atoms with Crippen LogP contribution < -0.4 is 5.73 Å². The molecular weight excluding hydrogens is 240 g/mol. The Morgan fingerprint density at radius 1 is 1.33 bits per heavy atom. The fourth-order valence-corrected chi connectivity index (χ4v) is 3.41. The molecule has 2 nitrogen and oxygen atoms in total. The third-order valence-corrected chi connectivity index (χ3v) is 4.25. The van der Waals surface area contributed by atoms with Crippen molar-refractivity contribution < 1.29 is 0 Å². The van der Waals surface area contributed by atoms with Crippen LogP contribution in [0.1, 0.15) is 30.8 Å². The van der Waals surface area contributed by atoms with E-state index >= 15 is 0 Å². The number of benzene rings is 1. The lowest BCUT2D eigenvalue weighted by atomic mass is 9.94. The van der Waals surface area contributed by atoms with E-state index in [1.807, 2.05) is 11.3 Å². The van der Waals surface area contributed by atoms with Crippen LogP contribution in [0.5, 0.6) is 0 Å². The van der Waals surface area contributed by atoms with E-state index in [-0.39, 0.29) is 0 Å². The fourth-order valence-electron chi connectivity index (χ4n) is 2.35. The summed E-state index contributed by atoms with van der Waals surface area (Å²) < 4.78 is 1.29. The van der Waals surface area contributed by atoms with Gasteiger partial charge >= 0.3 is 0 Å². The van der Waals surface area contributed by atoms with Crippen molar-refractivity contribution in [3.8, 4) is 0 Å². The Balaban J connectivity index is 2.15. The molecule has 1 unspecified atom stereocenters. The van der Waals surface area contributed by atoms with Gasteiger partial charge in [-0.3, -0.25) is 0 Å². The molecule has 0 spiro atoms. The maximum atomic E-state index is 5.86. The SMILES string of the molecule is Cc1ccc2sc(CC(CN)CC(C)C)nc2c1. The van der Waals surface area contributed by atoms with Gasteiger partial charge in [0.15, 0.2) is 0 Å². The number of fused-ring (bicyclic) bond motifs is 1. The minimum Gasteiger partial charge on any atom is -0.330 e. The number of nitrogens with zero attached hydrogens (tertiary/aromatic N) is 1. The van der Waals surface area contributed by atoms with E-state index in [9.17, 15) is 0 Å². The van der Waals surface area contributed by atoms with Gasteiger partial charge in [-0.2, -0.15) is 0 Å². The topological polar surface area (TPSA) is 38.9 Å². The maximum Gasteiger partial charge on any atom is 0.0941 e. The van der Waals surface area contributed by atoms with Gasteiger partial charge in [0.05, 0.1) is 15.2 Å². The lowest BCUT2D eigenvalue weighted by Crippen LogP contribution is -2.18. The second kappa shape index (κ2) is 5.81. The maximum absolute atomic E-state index is 5.86. The third-order valence-electron chi connectivity index (χ3n) is 3.19. The molecule has 2 N–H and O–H groups in total. The van der Waals surface area contributed by atoms with Crippen molar-refractivity contribution in [3.63, 3.8) is 0 Å². The van der Waals surface area contributed by atoms with Gasteiger partial charge in [-0.1, -0.05) is 19.9 Å². The Hall–Kier alpha value is -0.930. The zero-order valence-corrected chi connectivity index (χ0v) is 12.3. The van der Waals surface area contributed by atoms with Crippen LogP contribution in [0.15, 0.2) is 18.2 Å². The first-order valence-electron chi connectivity index (χ1n) is 6.64. The Morgan fingerprint density at radius 3 is 2.78 bits per heavy atom. The van der Waals surface area contributed by atoms with Crippen LogP contribution in [0.25, 0.3) is 10.2 Å². The molecule has 0 saturated heterocycles. The van der Waals surface area contributed by atoms with Crippen LogP contribution in [0, 0.1) is 18.8 Å². The van der Waals surface area contributed by atoms with Gasteiger partial charge < -0.3 is 5.73 Å². The van der Waals surface area contributed by atoms with Crippen LogP contribution in [-0.2, 0) is 6.42 Å². The zero-order valence-electron chi connectivity index (χ0n) is 11.4. The zero-order chi connectivity index (χ0) is 13.1. The molecule has 0 fully saturated rings. The van der Waals surface area contributed by atoms with Crippen molar-refractivity contribution in [1.29, 1.82) is 0 Å². The predicted molar refractivity (Wildman–Crippen MR) is 80.1 cm³/mol. The van der Waals surface area contributed by atoms with Gasteiger partial charge in [0, 0.05) is 6.42 Å². The number of aryl methyl sites for hydroxylation is 1. The largest absolute Gasteiger partial charge is 0.330 e. The minimum absolute atomic E-state index is 0.562. The highest BCUT2D eigenvalue weighted by atomic mass is 32.1. The molecule has 0 aliphatic heterocycles. The van der Waals surface area contributed by atoms with Gasteiger partial charge in [-0.05, 0) is 49.4 Å². The summed E-state index contributed by atoms with van der Waals surface area (Å²) in [6.07, 6.45) is 2.21. The first-order valence-corrected chi connectivity index (χ1v) is 7.46. The molecule has 2 aromatic rings. The van der Waals surface area contributed by atoms with E-state index in [1.54, 1.807) is 0 Å². The monoisotopic (exact) mass is 262 g/mol. The highest BCUT2D eigenvalue weighted by Gasteiger charge is 2.13. The number of aromatic nitrogens is 1. The minimum atomic E-state index is 0.562. The van der Waals surface area contributed by atoms with Crippen LogP contribution in [0.4, 0.5) is 0 Å². The lowest BCUT2D eigenvalue weighted by Gasteiger charge is -2.15. The summed E-state index contributed by atoms with van der Waals surface area (Å²) in [5.74, 6) is 1.27. The van der Waals surface area contributed by atoms with Crippen LogP contribution >= 0.6 is 11.3 Å². The molecule has 1 aromatic heterocycles. The molecule has 0 radical (unpaired) electrons. The molecule has 0 saturated carbocycles. The average molecular weight is 262 g/mol. The van der Waals surface area contributed by atoms with Crippen molar-refractivity contribution >= 4 is 21.6 Å². The molecule has 0 bridgehead atoms. The van der Waals surface area contributed by atoms with Gasteiger partial charge in [0.1, 0.15) is 0 Å². The third kappa shape index (κ3) is 3.30. The summed E-state index contributed by atoms with van der Waals surface area (Å²) in [5, 5.41) is 1.23. The normalized spacial score (nSPS) is 13.4. The molecule has 1 atom stereocenters. The molecule has 2 rings (SSSR count). The summed E-state index contributed by atoms with van der Waals surface area (Å²) in [6.45, 7) is 7.38. The number of thiazole rings is 1. The molecule has 0 aliphatic rings. The van der Waals surface area contributed by atoms with Crippen LogP contribution in [-0.4, -0.2) is 11.5 Å². The lowest BCUT2D eigenvalue weighted by molar-refractivity contribution is 0.415. The average Bonchev–Trinajstić information content (AvgIpc) is 2.68. The summed E-state index contributed by atoms with van der Waals surface area (Å²) >= 11 is 1.81. The molecule has 0 aliphatic carbocycles. The highest BCUT2D eigenvalue weighted by molar-refractivity contribution is 7.18. The number of hydrogen-bond acceptors (Lipinski definition) is 3. The quantitative estimate of drug-likeness (QED) is 0.891. The summed E-state index contributed by atoms with van der Waals surface area (Å²) in [5.41, 5.74) is 8.27. The van der Waals surface area contributed by atoms with E-state index in [2.05, 4.69) is 39.0 Å². The molecule has 98 valence electrons. The standard InChI is InChI=1S/C15H22N2S/c1-10(2)6-12(9-16)8-15-17-13-7-11(3)4-5-14(13)18-15/h4-5,7,10,12H,6,8-9,16H2,1-3H3. The van der Waals surface area contributed by atoms with E-state index < -0.39 is 0 Å². The Labute approximate surface area is 113 Å². The van der Waals surface area contributed by atoms with E-state index in [4.69, 9.17) is 10.7 Å². The Bertz CT molecular complexity index is 516. The molecule has 0 amide bonds. The molecule has 1 aromatic carbocycles. The van der Waals surface area contributed by atoms with Crippen molar-refractivity contribution in [2.75, 3.05) is 6.54 Å². The van der Waals surface area contributed by atoms with Crippen molar-refractivity contribution in [2.45, 2.75) is 33.6 Å². The van der Waals surface area contributed by atoms with E-state index in [1.165, 1.54) is 21.7 Å². The summed E-state index contributed by atoms with van der Waals surface area (Å²) in [6, 6.07) is 6.49. The van der Waals surface area contributed by atoms with Crippen molar-refractivity contribution in [2.24, 2.45) is 17.6 Å². The number of nitrogens with two attached hydrogens (primary N) is 1. The van der Waals surface area contributed by atoms with Gasteiger partial charge in [0.25, 0.3) is 0 Å². The van der Waals surface area contributed by atoms with Crippen molar-refractivity contribution in [3.05, 3.63) is 28.8 Å². The fraction of sp³-hybridized carbons (Fsp3) is 0.533. The molecule has 3 heteroatoms. The Morgan fingerprint density at radius 2 is 2.11 bits per heavy atom. The summed E-state index contributed by atoms with van der Waals surface area (Å²) in [4.78, 5) is 4.73. The Kier molecular flexibility index (Phi) is 4.36. The van der Waals surface area contributed by atoms with Crippen LogP contribution in [0.3, 0.4) is 0 Å². The summed E-state index contributed by atoms with van der Waals surface area (Å²) in [7, 11) is 0. The van der Waals surface area contributed by atoms with Gasteiger partial charge in [-0.25, -0.2) is 4.98 Å². The smallest absolute Gasteiger partial charge is 0.0941 e.